The van der Waals surface area contributed by atoms with Gasteiger partial charge in [-0.1, -0.05) is 38.2 Å². The van der Waals surface area contributed by atoms with Crippen LogP contribution in [0.1, 0.15) is 26.7 Å². The maximum absolute atomic E-state index is 2.44. The van der Waals surface area contributed by atoms with E-state index in [-0.39, 0.29) is 8.80 Å². The van der Waals surface area contributed by atoms with Gasteiger partial charge in [0.1, 0.15) is 0 Å². The van der Waals surface area contributed by atoms with E-state index >= 15 is 0 Å². The first-order chi connectivity index (χ1) is 5.16. The van der Waals surface area contributed by atoms with Gasteiger partial charge in [0.25, 0.3) is 0 Å². The summed E-state index contributed by atoms with van der Waals surface area (Å²) < 4.78 is 0. The summed E-state index contributed by atoms with van der Waals surface area (Å²) in [4.78, 5) is 0. The molecule has 0 amide bonds. The van der Waals surface area contributed by atoms with Crippen LogP contribution < -0.4 is 0 Å². The van der Waals surface area contributed by atoms with Crippen molar-refractivity contribution in [1.29, 1.82) is 0 Å². The maximum atomic E-state index is 2.44. The molecule has 0 rings (SSSR count). The molecule has 0 aliphatic heterocycles. The summed E-state index contributed by atoms with van der Waals surface area (Å²) in [6.07, 6.45) is 7.09. The quantitative estimate of drug-likeness (QED) is 0.438. The van der Waals surface area contributed by atoms with Crippen LogP contribution in [0.4, 0.5) is 0 Å². The third-order valence-corrected chi connectivity index (χ3v) is 3.68. The van der Waals surface area contributed by atoms with E-state index in [2.05, 4.69) is 39.1 Å². The van der Waals surface area contributed by atoms with Gasteiger partial charge in [0.15, 0.2) is 0 Å². The zero-order valence-electron chi connectivity index (χ0n) is 8.43. The van der Waals surface area contributed by atoms with Gasteiger partial charge >= 0.3 is 0 Å². The second-order valence-electron chi connectivity index (χ2n) is 3.88. The summed E-state index contributed by atoms with van der Waals surface area (Å²) in [7, 11) is -0.304. The minimum absolute atomic E-state index is 0.304. The topological polar surface area (TPSA) is 0 Å². The second kappa shape index (κ2) is 6.65. The molecule has 11 heavy (non-hydrogen) atoms. The molecule has 0 nitrogen and oxygen atoms in total. The molecule has 1 heteroatoms. The first kappa shape index (κ1) is 11.0. The zero-order valence-corrected chi connectivity index (χ0v) is 9.59. The number of rotatable bonds is 5. The first-order valence-corrected chi connectivity index (χ1v) is 7.90. The van der Waals surface area contributed by atoms with Crippen molar-refractivity contribution < 1.29 is 0 Å². The molecular weight excluding hydrogens is 148 g/mol. The molecule has 0 aromatic rings. The average Bonchev–Trinajstić information content (AvgIpc) is 1.86. The Bertz CT molecular complexity index is 105. The SMILES string of the molecule is CC=CCCC(C)C[SiH](C)C. The van der Waals surface area contributed by atoms with Crippen LogP contribution in [0.3, 0.4) is 0 Å². The molecule has 1 unspecified atom stereocenters. The summed E-state index contributed by atoms with van der Waals surface area (Å²) in [6, 6.07) is 1.51. The van der Waals surface area contributed by atoms with E-state index in [4.69, 9.17) is 0 Å². The molecule has 66 valence electrons. The minimum atomic E-state index is -0.304. The Labute approximate surface area is 73.3 Å². The van der Waals surface area contributed by atoms with Crippen molar-refractivity contribution in [3.8, 4) is 0 Å². The monoisotopic (exact) mass is 170 g/mol. The number of hydrogen-bond donors (Lipinski definition) is 0. The molecule has 0 spiro atoms. The van der Waals surface area contributed by atoms with E-state index in [0.29, 0.717) is 0 Å². The molecule has 0 aliphatic rings. The fourth-order valence-electron chi connectivity index (χ4n) is 1.47. The lowest BCUT2D eigenvalue weighted by atomic mass is 10.1. The Morgan fingerprint density at radius 2 is 2.00 bits per heavy atom. The summed E-state index contributed by atoms with van der Waals surface area (Å²) in [5, 5.41) is 0. The van der Waals surface area contributed by atoms with Crippen LogP contribution in [0.15, 0.2) is 12.2 Å². The van der Waals surface area contributed by atoms with Crippen molar-refractivity contribution in [3.63, 3.8) is 0 Å². The maximum Gasteiger partial charge on any atom is 0.0308 e. The first-order valence-electron chi connectivity index (χ1n) is 4.78. The Hall–Kier alpha value is -0.0431. The van der Waals surface area contributed by atoms with E-state index in [9.17, 15) is 0 Å². The molecule has 1 atom stereocenters. The second-order valence-corrected chi connectivity index (χ2v) is 7.14. The third kappa shape index (κ3) is 7.86. The van der Waals surface area contributed by atoms with Gasteiger partial charge in [-0.25, -0.2) is 0 Å². The summed E-state index contributed by atoms with van der Waals surface area (Å²) in [5.41, 5.74) is 0. The number of allylic oxidation sites excluding steroid dienone is 2. The van der Waals surface area contributed by atoms with E-state index in [1.165, 1.54) is 18.9 Å². The van der Waals surface area contributed by atoms with E-state index in [1.54, 1.807) is 0 Å². The van der Waals surface area contributed by atoms with Gasteiger partial charge in [0, 0.05) is 8.80 Å². The van der Waals surface area contributed by atoms with Gasteiger partial charge in [0.2, 0.25) is 0 Å². The lowest BCUT2D eigenvalue weighted by molar-refractivity contribution is 0.589. The molecule has 0 saturated carbocycles. The molecule has 0 aromatic heterocycles. The Kier molecular flexibility index (Phi) is 6.63. The van der Waals surface area contributed by atoms with Crippen LogP contribution in [0.5, 0.6) is 0 Å². The van der Waals surface area contributed by atoms with E-state index in [0.717, 1.165) is 5.92 Å². The molecule has 0 aromatic carbocycles. The number of hydrogen-bond acceptors (Lipinski definition) is 0. The normalized spacial score (nSPS) is 14.6. The smallest absolute Gasteiger partial charge is 0.0308 e. The highest BCUT2D eigenvalue weighted by Crippen LogP contribution is 2.13. The van der Waals surface area contributed by atoms with Crippen molar-refractivity contribution >= 4 is 8.80 Å². The summed E-state index contributed by atoms with van der Waals surface area (Å²) >= 11 is 0. The highest BCUT2D eigenvalue weighted by Gasteiger charge is 2.03. The van der Waals surface area contributed by atoms with Crippen molar-refractivity contribution in [2.75, 3.05) is 0 Å². The lowest BCUT2D eigenvalue weighted by Crippen LogP contribution is -2.06. The largest absolute Gasteiger partial charge is 0.0917 e. The minimum Gasteiger partial charge on any atom is -0.0917 e. The van der Waals surface area contributed by atoms with Gasteiger partial charge < -0.3 is 0 Å². The Morgan fingerprint density at radius 3 is 2.45 bits per heavy atom. The molecule has 0 bridgehead atoms. The van der Waals surface area contributed by atoms with Crippen LogP contribution in [-0.2, 0) is 0 Å². The van der Waals surface area contributed by atoms with Crippen molar-refractivity contribution in [3.05, 3.63) is 12.2 Å². The Morgan fingerprint density at radius 1 is 1.36 bits per heavy atom. The molecule has 0 saturated heterocycles. The predicted molar refractivity (Wildman–Crippen MR) is 56.9 cm³/mol. The van der Waals surface area contributed by atoms with E-state index in [1.807, 2.05) is 0 Å². The van der Waals surface area contributed by atoms with Crippen molar-refractivity contribution in [2.45, 2.75) is 45.8 Å². The Balaban J connectivity index is 3.29. The molecule has 0 aliphatic carbocycles. The standard InChI is InChI=1S/C10H22Si/c1-5-6-7-8-10(2)9-11(3)4/h5-6,10-11H,7-9H2,1-4H3. The fraction of sp³-hybridized carbons (Fsp3) is 0.800. The summed E-state index contributed by atoms with van der Waals surface area (Å²) in [5.74, 6) is 0.956. The van der Waals surface area contributed by atoms with Gasteiger partial charge in [-0.15, -0.1) is 0 Å². The van der Waals surface area contributed by atoms with Crippen molar-refractivity contribution in [2.24, 2.45) is 5.92 Å². The lowest BCUT2D eigenvalue weighted by Gasteiger charge is -2.10. The van der Waals surface area contributed by atoms with Gasteiger partial charge in [-0.05, 0) is 25.7 Å². The molecular formula is C10H22Si. The van der Waals surface area contributed by atoms with Gasteiger partial charge in [-0.2, -0.15) is 0 Å². The molecule has 0 radical (unpaired) electrons. The predicted octanol–water partition coefficient (Wildman–Crippen LogP) is 3.47. The highest BCUT2D eigenvalue weighted by molar-refractivity contribution is 6.55. The van der Waals surface area contributed by atoms with Crippen LogP contribution >= 0.6 is 0 Å². The van der Waals surface area contributed by atoms with Crippen LogP contribution in [0.25, 0.3) is 0 Å². The molecule has 0 fully saturated rings. The zero-order chi connectivity index (χ0) is 8.69. The van der Waals surface area contributed by atoms with E-state index < -0.39 is 0 Å². The van der Waals surface area contributed by atoms with Crippen molar-refractivity contribution in [1.82, 2.24) is 0 Å². The van der Waals surface area contributed by atoms with Gasteiger partial charge in [-0.3, -0.25) is 0 Å². The van der Waals surface area contributed by atoms with Crippen LogP contribution in [-0.4, -0.2) is 8.80 Å². The molecule has 0 N–H and O–H groups in total. The van der Waals surface area contributed by atoms with Gasteiger partial charge in [0.05, 0.1) is 0 Å². The molecule has 0 heterocycles. The van der Waals surface area contributed by atoms with Crippen LogP contribution in [0.2, 0.25) is 19.1 Å². The summed E-state index contributed by atoms with van der Waals surface area (Å²) in [6.45, 7) is 9.36. The highest BCUT2D eigenvalue weighted by atomic mass is 28.3. The fourth-order valence-corrected chi connectivity index (χ4v) is 3.32. The average molecular weight is 170 g/mol. The van der Waals surface area contributed by atoms with Crippen LogP contribution in [0, 0.1) is 5.92 Å². The third-order valence-electron chi connectivity index (χ3n) is 1.94.